The first-order valence-corrected chi connectivity index (χ1v) is 9.95. The Morgan fingerprint density at radius 2 is 1.96 bits per heavy atom. The Bertz CT molecular complexity index is 577. The summed E-state index contributed by atoms with van der Waals surface area (Å²) in [5.74, 6) is 1.87. The predicted octanol–water partition coefficient (Wildman–Crippen LogP) is 2.47. The number of aromatic nitrogens is 1. The van der Waals surface area contributed by atoms with Crippen LogP contribution in [-0.4, -0.2) is 53.9 Å². The van der Waals surface area contributed by atoms with Crippen molar-refractivity contribution in [1.29, 1.82) is 0 Å². The van der Waals surface area contributed by atoms with Crippen molar-refractivity contribution in [1.82, 2.24) is 15.6 Å². The Morgan fingerprint density at radius 3 is 2.54 bits per heavy atom. The van der Waals surface area contributed by atoms with Crippen molar-refractivity contribution >= 4 is 11.8 Å². The fourth-order valence-corrected chi connectivity index (χ4v) is 3.17. The summed E-state index contributed by atoms with van der Waals surface area (Å²) in [7, 11) is 0. The van der Waals surface area contributed by atoms with Crippen LogP contribution in [0.1, 0.15) is 52.1 Å². The highest BCUT2D eigenvalue weighted by atomic mass is 16.3. The maximum atomic E-state index is 10.5. The quantitative estimate of drug-likeness (QED) is 0.514. The molecule has 0 radical (unpaired) electrons. The van der Waals surface area contributed by atoms with Crippen LogP contribution in [0.3, 0.4) is 0 Å². The van der Waals surface area contributed by atoms with E-state index in [0.29, 0.717) is 25.4 Å². The Kier molecular flexibility index (Phi) is 7.69. The van der Waals surface area contributed by atoms with E-state index in [1.807, 2.05) is 26.8 Å². The van der Waals surface area contributed by atoms with Crippen molar-refractivity contribution in [2.75, 3.05) is 31.1 Å². The average Bonchev–Trinajstić information content (AvgIpc) is 2.66. The molecule has 1 fully saturated rings. The predicted molar refractivity (Wildman–Crippen MR) is 109 cm³/mol. The Balaban J connectivity index is 1.90. The number of piperidine rings is 1. The minimum absolute atomic E-state index is 0.394. The van der Waals surface area contributed by atoms with Crippen LogP contribution in [0.2, 0.25) is 0 Å². The highest BCUT2D eigenvalue weighted by Crippen LogP contribution is 2.18. The number of aryl methyl sites for hydroxylation is 1. The summed E-state index contributed by atoms with van der Waals surface area (Å²) in [4.78, 5) is 11.6. The number of nitrogens with zero attached hydrogens (tertiary/aromatic N) is 3. The van der Waals surface area contributed by atoms with Crippen molar-refractivity contribution < 1.29 is 5.11 Å². The summed E-state index contributed by atoms with van der Waals surface area (Å²) >= 11 is 0. The van der Waals surface area contributed by atoms with Gasteiger partial charge in [-0.05, 0) is 51.7 Å². The lowest BCUT2D eigenvalue weighted by molar-refractivity contribution is 0.0417. The fourth-order valence-electron chi connectivity index (χ4n) is 3.17. The number of anilines is 1. The summed E-state index contributed by atoms with van der Waals surface area (Å²) in [6, 6.07) is 6.58. The molecule has 1 aliphatic rings. The van der Waals surface area contributed by atoms with Crippen molar-refractivity contribution in [3.05, 3.63) is 23.9 Å². The second-order valence-electron chi connectivity index (χ2n) is 7.17. The lowest BCUT2D eigenvalue weighted by atomic mass is 9.98. The molecule has 0 unspecified atom stereocenters. The Labute approximate surface area is 158 Å². The van der Waals surface area contributed by atoms with E-state index in [-0.39, 0.29) is 0 Å². The summed E-state index contributed by atoms with van der Waals surface area (Å²) in [6.45, 7) is 11.3. The van der Waals surface area contributed by atoms with Gasteiger partial charge in [0, 0.05) is 31.4 Å². The molecule has 0 amide bonds. The summed E-state index contributed by atoms with van der Waals surface area (Å²) in [6.07, 6.45) is 3.53. The third-order valence-corrected chi connectivity index (χ3v) is 5.23. The van der Waals surface area contributed by atoms with E-state index in [4.69, 9.17) is 0 Å². The van der Waals surface area contributed by atoms with Gasteiger partial charge >= 0.3 is 0 Å². The standard InChI is InChI=1S/C20H35N5O/c1-5-20(26,6-2)15-22-19(21-7-3)24-17-11-13-25(14-12-17)18-10-8-9-16(4)23-18/h8-10,17,26H,5-7,11-15H2,1-4H3,(H2,21,22,24). The highest BCUT2D eigenvalue weighted by Gasteiger charge is 2.23. The number of nitrogens with one attached hydrogen (secondary N) is 2. The third-order valence-electron chi connectivity index (χ3n) is 5.23. The molecule has 2 rings (SSSR count). The number of pyridine rings is 1. The zero-order chi connectivity index (χ0) is 19.0. The summed E-state index contributed by atoms with van der Waals surface area (Å²) in [5.41, 5.74) is 0.353. The smallest absolute Gasteiger partial charge is 0.191 e. The monoisotopic (exact) mass is 361 g/mol. The van der Waals surface area contributed by atoms with Gasteiger partial charge < -0.3 is 20.6 Å². The maximum Gasteiger partial charge on any atom is 0.191 e. The largest absolute Gasteiger partial charge is 0.388 e. The van der Waals surface area contributed by atoms with E-state index in [1.54, 1.807) is 0 Å². The Morgan fingerprint density at radius 1 is 1.27 bits per heavy atom. The van der Waals surface area contributed by atoms with E-state index in [9.17, 15) is 5.11 Å². The second-order valence-corrected chi connectivity index (χ2v) is 7.17. The van der Waals surface area contributed by atoms with Gasteiger partial charge in [0.25, 0.3) is 0 Å². The van der Waals surface area contributed by atoms with Crippen LogP contribution >= 0.6 is 0 Å². The zero-order valence-corrected chi connectivity index (χ0v) is 16.8. The van der Waals surface area contributed by atoms with Gasteiger partial charge in [-0.25, -0.2) is 4.98 Å². The molecular formula is C20H35N5O. The van der Waals surface area contributed by atoms with Crippen LogP contribution in [0, 0.1) is 6.92 Å². The fraction of sp³-hybridized carbons (Fsp3) is 0.700. The van der Waals surface area contributed by atoms with Crippen LogP contribution in [0.25, 0.3) is 0 Å². The van der Waals surface area contributed by atoms with Gasteiger partial charge in [-0.15, -0.1) is 0 Å². The minimum Gasteiger partial charge on any atom is -0.388 e. The van der Waals surface area contributed by atoms with Crippen molar-refractivity contribution in [2.24, 2.45) is 4.99 Å². The number of aliphatic hydroxyl groups is 1. The molecule has 1 aliphatic heterocycles. The molecule has 1 saturated heterocycles. The third kappa shape index (κ3) is 5.87. The van der Waals surface area contributed by atoms with Gasteiger partial charge in [-0.3, -0.25) is 4.99 Å². The molecule has 0 saturated carbocycles. The van der Waals surface area contributed by atoms with Gasteiger partial charge in [0.1, 0.15) is 5.82 Å². The molecule has 6 heteroatoms. The van der Waals surface area contributed by atoms with E-state index < -0.39 is 5.60 Å². The minimum atomic E-state index is -0.706. The van der Waals surface area contributed by atoms with Gasteiger partial charge in [0.15, 0.2) is 5.96 Å². The first-order valence-electron chi connectivity index (χ1n) is 9.95. The van der Waals surface area contributed by atoms with Gasteiger partial charge in [0.05, 0.1) is 12.1 Å². The van der Waals surface area contributed by atoms with Crippen LogP contribution in [0.4, 0.5) is 5.82 Å². The first kappa shape index (κ1) is 20.5. The molecule has 1 aromatic rings. The molecule has 0 spiro atoms. The van der Waals surface area contributed by atoms with Crippen molar-refractivity contribution in [2.45, 2.75) is 65.0 Å². The second kappa shape index (κ2) is 9.76. The topological polar surface area (TPSA) is 72.8 Å². The molecule has 0 aromatic carbocycles. The molecule has 1 aromatic heterocycles. The zero-order valence-electron chi connectivity index (χ0n) is 16.8. The first-order chi connectivity index (χ1) is 12.5. The van der Waals surface area contributed by atoms with Crippen molar-refractivity contribution in [3.8, 4) is 0 Å². The van der Waals surface area contributed by atoms with Crippen molar-refractivity contribution in [3.63, 3.8) is 0 Å². The number of aliphatic imine (C=N–C) groups is 1. The van der Waals surface area contributed by atoms with E-state index in [2.05, 4.69) is 44.6 Å². The van der Waals surface area contributed by atoms with Gasteiger partial charge in [0.2, 0.25) is 0 Å². The van der Waals surface area contributed by atoms with E-state index >= 15 is 0 Å². The van der Waals surface area contributed by atoms with Crippen LogP contribution in [0.5, 0.6) is 0 Å². The molecular weight excluding hydrogens is 326 g/mol. The van der Waals surface area contributed by atoms with Gasteiger partial charge in [-0.1, -0.05) is 19.9 Å². The molecule has 0 bridgehead atoms. The average molecular weight is 362 g/mol. The van der Waals surface area contributed by atoms with Crippen LogP contribution in [0.15, 0.2) is 23.2 Å². The lowest BCUT2D eigenvalue weighted by Gasteiger charge is -2.34. The molecule has 0 atom stereocenters. The van der Waals surface area contributed by atoms with E-state index in [0.717, 1.165) is 49.9 Å². The lowest BCUT2D eigenvalue weighted by Crippen LogP contribution is -2.49. The Hall–Kier alpha value is -1.82. The molecule has 26 heavy (non-hydrogen) atoms. The van der Waals surface area contributed by atoms with E-state index in [1.165, 1.54) is 0 Å². The van der Waals surface area contributed by atoms with Gasteiger partial charge in [-0.2, -0.15) is 0 Å². The number of rotatable bonds is 7. The number of guanidine groups is 1. The molecule has 3 N–H and O–H groups in total. The summed E-state index contributed by atoms with van der Waals surface area (Å²) < 4.78 is 0. The number of hydrogen-bond acceptors (Lipinski definition) is 4. The summed E-state index contributed by atoms with van der Waals surface area (Å²) in [5, 5.41) is 17.3. The number of hydrogen-bond donors (Lipinski definition) is 3. The molecule has 6 nitrogen and oxygen atoms in total. The molecule has 0 aliphatic carbocycles. The highest BCUT2D eigenvalue weighted by molar-refractivity contribution is 5.80. The SMILES string of the molecule is CCNC(=NCC(O)(CC)CC)NC1CCN(c2cccc(C)n2)CC1. The van der Waals surface area contributed by atoms with Crippen LogP contribution < -0.4 is 15.5 Å². The molecule has 2 heterocycles. The normalized spacial score (nSPS) is 16.7. The molecule has 146 valence electrons. The maximum absolute atomic E-state index is 10.5. The van der Waals surface area contributed by atoms with Crippen LogP contribution in [-0.2, 0) is 0 Å².